The van der Waals surface area contributed by atoms with Crippen molar-refractivity contribution < 1.29 is 5.21 Å². The van der Waals surface area contributed by atoms with Crippen molar-refractivity contribution in [2.45, 2.75) is 44.7 Å². The zero-order valence-electron chi connectivity index (χ0n) is 8.28. The number of hydrogen-bond acceptors (Lipinski definition) is 3. The van der Waals surface area contributed by atoms with Crippen molar-refractivity contribution >= 4 is 0 Å². The molecule has 2 heterocycles. The van der Waals surface area contributed by atoms with Crippen LogP contribution in [0.2, 0.25) is 0 Å². The van der Waals surface area contributed by atoms with Crippen LogP contribution in [0.5, 0.6) is 0 Å². The van der Waals surface area contributed by atoms with Gasteiger partial charge in [0, 0.05) is 6.54 Å². The molecular formula is C10H20N2O. The minimum absolute atomic E-state index is 0.328. The minimum atomic E-state index is 0.328. The molecule has 2 fully saturated rings. The van der Waals surface area contributed by atoms with Crippen molar-refractivity contribution in [3.63, 3.8) is 0 Å². The number of hydroxylamine groups is 2. The second-order valence-corrected chi connectivity index (χ2v) is 4.24. The van der Waals surface area contributed by atoms with Crippen molar-refractivity contribution in [3.05, 3.63) is 0 Å². The summed E-state index contributed by atoms with van der Waals surface area (Å²) in [5.41, 5.74) is 0. The maximum Gasteiger partial charge on any atom is 0.0865 e. The molecule has 13 heavy (non-hydrogen) atoms. The highest BCUT2D eigenvalue weighted by molar-refractivity contribution is 4.75. The largest absolute Gasteiger partial charge is 0.312 e. The number of rotatable bonds is 1. The van der Waals surface area contributed by atoms with Crippen molar-refractivity contribution in [2.75, 3.05) is 19.6 Å². The number of likely N-dealkylation sites (tertiary alicyclic amines) is 1. The molecular weight excluding hydrogens is 164 g/mol. The predicted octanol–water partition coefficient (Wildman–Crippen LogP) is 1.67. The molecule has 0 aliphatic carbocycles. The third-order valence-electron chi connectivity index (χ3n) is 3.26. The molecule has 0 radical (unpaired) electrons. The van der Waals surface area contributed by atoms with E-state index in [1.807, 2.05) is 0 Å². The molecule has 1 N–H and O–H groups in total. The smallest absolute Gasteiger partial charge is 0.0865 e. The molecule has 0 spiro atoms. The molecule has 0 saturated carbocycles. The summed E-state index contributed by atoms with van der Waals surface area (Å²) >= 11 is 0. The lowest BCUT2D eigenvalue weighted by Crippen LogP contribution is -2.51. The van der Waals surface area contributed by atoms with Crippen LogP contribution >= 0.6 is 0 Å². The molecule has 0 aromatic rings. The molecule has 2 rings (SSSR count). The summed E-state index contributed by atoms with van der Waals surface area (Å²) in [7, 11) is 0. The van der Waals surface area contributed by atoms with Gasteiger partial charge in [0.2, 0.25) is 0 Å². The monoisotopic (exact) mass is 184 g/mol. The van der Waals surface area contributed by atoms with Gasteiger partial charge in [0.15, 0.2) is 0 Å². The molecule has 3 heteroatoms. The molecule has 3 nitrogen and oxygen atoms in total. The number of piperidine rings is 2. The summed E-state index contributed by atoms with van der Waals surface area (Å²) in [5, 5.41) is 11.3. The first-order valence-electron chi connectivity index (χ1n) is 5.57. The molecule has 0 aromatic heterocycles. The highest BCUT2D eigenvalue weighted by atomic mass is 16.5. The van der Waals surface area contributed by atoms with Crippen LogP contribution in [0.1, 0.15) is 38.5 Å². The third-order valence-corrected chi connectivity index (χ3v) is 3.26. The molecule has 0 aromatic carbocycles. The second kappa shape index (κ2) is 4.40. The lowest BCUT2D eigenvalue weighted by Gasteiger charge is -2.40. The molecule has 1 atom stereocenters. The van der Waals surface area contributed by atoms with E-state index in [0.717, 1.165) is 19.4 Å². The Bertz CT molecular complexity index is 157. The van der Waals surface area contributed by atoms with Crippen LogP contribution in [-0.2, 0) is 0 Å². The number of hydrogen-bond donors (Lipinski definition) is 1. The van der Waals surface area contributed by atoms with E-state index in [4.69, 9.17) is 0 Å². The Morgan fingerprint density at radius 2 is 1.54 bits per heavy atom. The van der Waals surface area contributed by atoms with E-state index in [1.54, 1.807) is 5.06 Å². The van der Waals surface area contributed by atoms with Gasteiger partial charge in [-0.3, -0.25) is 4.90 Å². The summed E-state index contributed by atoms with van der Waals surface area (Å²) in [6.45, 7) is 3.23. The van der Waals surface area contributed by atoms with Crippen molar-refractivity contribution in [2.24, 2.45) is 0 Å². The maximum absolute atomic E-state index is 9.71. The van der Waals surface area contributed by atoms with Crippen LogP contribution in [0.15, 0.2) is 0 Å². The van der Waals surface area contributed by atoms with Gasteiger partial charge in [-0.05, 0) is 45.2 Å². The van der Waals surface area contributed by atoms with E-state index >= 15 is 0 Å². The SMILES string of the molecule is ON1CCCCC1N1CCCCC1. The van der Waals surface area contributed by atoms with Crippen LogP contribution in [0, 0.1) is 0 Å². The van der Waals surface area contributed by atoms with Gasteiger partial charge in [0.25, 0.3) is 0 Å². The molecule has 0 amide bonds. The zero-order chi connectivity index (χ0) is 9.10. The van der Waals surface area contributed by atoms with E-state index in [9.17, 15) is 5.21 Å². The number of nitrogens with zero attached hydrogens (tertiary/aromatic N) is 2. The van der Waals surface area contributed by atoms with Crippen LogP contribution < -0.4 is 0 Å². The van der Waals surface area contributed by atoms with E-state index in [1.165, 1.54) is 38.8 Å². The highest BCUT2D eigenvalue weighted by Gasteiger charge is 2.27. The third kappa shape index (κ3) is 2.22. The van der Waals surface area contributed by atoms with Gasteiger partial charge in [-0.1, -0.05) is 6.42 Å². The normalized spacial score (nSPS) is 33.5. The quantitative estimate of drug-likeness (QED) is 0.671. The van der Waals surface area contributed by atoms with Gasteiger partial charge >= 0.3 is 0 Å². The van der Waals surface area contributed by atoms with Gasteiger partial charge in [-0.25, -0.2) is 0 Å². The molecule has 2 aliphatic heterocycles. The Hall–Kier alpha value is -0.120. The topological polar surface area (TPSA) is 26.7 Å². The molecule has 2 aliphatic rings. The van der Waals surface area contributed by atoms with Gasteiger partial charge in [-0.15, -0.1) is 0 Å². The van der Waals surface area contributed by atoms with E-state index in [2.05, 4.69) is 4.90 Å². The highest BCUT2D eigenvalue weighted by Crippen LogP contribution is 2.21. The summed E-state index contributed by atoms with van der Waals surface area (Å²) in [4.78, 5) is 2.45. The second-order valence-electron chi connectivity index (χ2n) is 4.24. The summed E-state index contributed by atoms with van der Waals surface area (Å²) in [6.07, 6.45) is 7.90. The minimum Gasteiger partial charge on any atom is -0.312 e. The Balaban J connectivity index is 1.88. The van der Waals surface area contributed by atoms with Crippen LogP contribution in [-0.4, -0.2) is 41.0 Å². The summed E-state index contributed by atoms with van der Waals surface area (Å²) in [6, 6.07) is 0. The standard InChI is InChI=1S/C10H20N2O/c13-12-9-5-2-6-10(12)11-7-3-1-4-8-11/h10,13H,1-9H2. The molecule has 76 valence electrons. The predicted molar refractivity (Wildman–Crippen MR) is 51.6 cm³/mol. The van der Waals surface area contributed by atoms with Crippen LogP contribution in [0.25, 0.3) is 0 Å². The first kappa shape index (κ1) is 9.44. The lowest BCUT2D eigenvalue weighted by molar-refractivity contribution is -0.189. The van der Waals surface area contributed by atoms with E-state index in [0.29, 0.717) is 6.17 Å². The Kier molecular flexibility index (Phi) is 3.19. The van der Waals surface area contributed by atoms with Gasteiger partial charge in [0.1, 0.15) is 0 Å². The van der Waals surface area contributed by atoms with Gasteiger partial charge in [0.05, 0.1) is 6.17 Å². The Morgan fingerprint density at radius 1 is 0.846 bits per heavy atom. The zero-order valence-corrected chi connectivity index (χ0v) is 8.28. The van der Waals surface area contributed by atoms with Crippen molar-refractivity contribution in [1.29, 1.82) is 0 Å². The summed E-state index contributed by atoms with van der Waals surface area (Å²) in [5.74, 6) is 0. The molecule has 0 bridgehead atoms. The van der Waals surface area contributed by atoms with Gasteiger partial charge < -0.3 is 5.21 Å². The van der Waals surface area contributed by atoms with Crippen molar-refractivity contribution in [3.8, 4) is 0 Å². The summed E-state index contributed by atoms with van der Waals surface area (Å²) < 4.78 is 0. The molecule has 2 saturated heterocycles. The fraction of sp³-hybridized carbons (Fsp3) is 1.00. The van der Waals surface area contributed by atoms with Crippen LogP contribution in [0.4, 0.5) is 0 Å². The fourth-order valence-electron chi connectivity index (χ4n) is 2.49. The average Bonchev–Trinajstić information content (AvgIpc) is 2.20. The van der Waals surface area contributed by atoms with E-state index < -0.39 is 0 Å². The first-order chi connectivity index (χ1) is 6.38. The maximum atomic E-state index is 9.71. The Morgan fingerprint density at radius 3 is 2.23 bits per heavy atom. The lowest BCUT2D eigenvalue weighted by atomic mass is 10.1. The molecule has 1 unspecified atom stereocenters. The van der Waals surface area contributed by atoms with Crippen molar-refractivity contribution in [1.82, 2.24) is 9.96 Å². The Labute approximate surface area is 80.3 Å². The van der Waals surface area contributed by atoms with Crippen LogP contribution in [0.3, 0.4) is 0 Å². The average molecular weight is 184 g/mol. The fourth-order valence-corrected chi connectivity index (χ4v) is 2.49. The first-order valence-corrected chi connectivity index (χ1v) is 5.57. The van der Waals surface area contributed by atoms with E-state index in [-0.39, 0.29) is 0 Å². The van der Waals surface area contributed by atoms with Gasteiger partial charge in [-0.2, -0.15) is 5.06 Å².